The molecule has 1 heterocycles. The van der Waals surface area contributed by atoms with E-state index in [1.54, 1.807) is 13.8 Å². The lowest BCUT2D eigenvalue weighted by molar-refractivity contribution is -0.148. The van der Waals surface area contributed by atoms with Crippen molar-refractivity contribution in [2.24, 2.45) is 34.8 Å². The highest BCUT2D eigenvalue weighted by molar-refractivity contribution is 5.99. The van der Waals surface area contributed by atoms with Crippen molar-refractivity contribution in [2.75, 3.05) is 13.2 Å². The number of aliphatic carboxylic acids is 3. The Hall–Kier alpha value is -7.50. The summed E-state index contributed by atoms with van der Waals surface area (Å²) < 4.78 is 0. The fourth-order valence-electron chi connectivity index (χ4n) is 7.15. The highest BCUT2D eigenvalue weighted by atomic mass is 16.4. The minimum absolute atomic E-state index is 0.00782. The number of likely N-dealkylation sites (tertiary alicyclic amines) is 1. The number of primary amides is 3. The van der Waals surface area contributed by atoms with Gasteiger partial charge in [0, 0.05) is 25.8 Å². The fraction of sp³-hybridized carbons (Fsp3) is 0.667. The van der Waals surface area contributed by atoms with E-state index in [0.717, 1.165) is 4.90 Å². The van der Waals surface area contributed by atoms with Crippen molar-refractivity contribution in [2.45, 2.75) is 153 Å². The molecule has 1 saturated heterocycles. The molecular formula is C42H68N12O18. The Kier molecular flexibility index (Phi) is 26.3. The number of hydrogen-bond acceptors (Lipinski definition) is 16. The van der Waals surface area contributed by atoms with Gasteiger partial charge in [-0.15, -0.1) is 0 Å². The average molecular weight is 1030 g/mol. The summed E-state index contributed by atoms with van der Waals surface area (Å²) in [6, 6.07) is -14.6. The van der Waals surface area contributed by atoms with Crippen LogP contribution in [0.25, 0.3) is 0 Å². The van der Waals surface area contributed by atoms with Crippen LogP contribution >= 0.6 is 0 Å². The summed E-state index contributed by atoms with van der Waals surface area (Å²) in [6.45, 7) is 5.30. The van der Waals surface area contributed by atoms with Gasteiger partial charge in [0.25, 0.3) is 0 Å². The first-order valence-electron chi connectivity index (χ1n) is 22.8. The third-order valence-corrected chi connectivity index (χ3v) is 10.9. The zero-order valence-electron chi connectivity index (χ0n) is 40.3. The number of carboxylic acids is 3. The monoisotopic (exact) mass is 1030 g/mol. The minimum Gasteiger partial charge on any atom is -0.481 e. The number of hydrogen-bond donors (Lipinski definition) is 15. The van der Waals surface area contributed by atoms with Crippen molar-refractivity contribution in [3.63, 3.8) is 0 Å². The first kappa shape index (κ1) is 62.5. The predicted octanol–water partition coefficient (Wildman–Crippen LogP) is -6.78. The predicted molar refractivity (Wildman–Crippen MR) is 245 cm³/mol. The summed E-state index contributed by atoms with van der Waals surface area (Å²) in [5.74, 6) is -17.2. The fourth-order valence-corrected chi connectivity index (χ4v) is 7.15. The maximum atomic E-state index is 13.9. The molecule has 0 aromatic carbocycles. The van der Waals surface area contributed by atoms with E-state index in [2.05, 4.69) is 37.2 Å². The second-order valence-electron chi connectivity index (χ2n) is 17.8. The van der Waals surface area contributed by atoms with Crippen molar-refractivity contribution in [1.82, 2.24) is 42.1 Å². The Balaban J connectivity index is 3.43. The lowest BCUT2D eigenvalue weighted by Crippen LogP contribution is -2.61. The molecular weight excluding hydrogens is 961 g/mol. The van der Waals surface area contributed by atoms with Crippen LogP contribution in [0.15, 0.2) is 0 Å². The van der Waals surface area contributed by atoms with Gasteiger partial charge >= 0.3 is 17.9 Å². The highest BCUT2D eigenvalue weighted by Crippen LogP contribution is 2.20. The van der Waals surface area contributed by atoms with Gasteiger partial charge < -0.3 is 85.5 Å². The number of carbonyl (C=O) groups excluding carboxylic acids is 11. The molecule has 0 aromatic heterocycles. The first-order valence-corrected chi connectivity index (χ1v) is 22.8. The molecule has 11 amide bonds. The SMILES string of the molecule is CC(C)C[C@H](N)C(=O)N[C@@H](CC(N)=O)C(=O)N[C@@H](CCC(N)=O)C(=O)N[C@@H](CCC(=O)O)C(=O)N[C@@H](CCC(N)=O)C(=O)N[C@H](C(=O)N[C@@H](CO)C(=O)N1CCC[C@H]1C(=O)N[C@@H](CC(=O)O)C(=O)O)C(C)C. The standard InChI is InChI=1S/C42H68N12O18/c1-18(2)14-20(43)34(63)50-24(15-30(46)58)38(67)49-21(7-10-28(44)56)35(64)48-23(9-12-31(59)60)36(65)47-22(8-11-29(45)57)37(66)53-33(19(3)4)40(69)52-26(17-55)41(70)54-13-5-6-27(54)39(68)51-25(42(71)72)16-32(61)62/h18-27,33,55H,5-17,43H2,1-4H3,(H2,44,56)(H2,45,57)(H2,46,58)(H,47,65)(H,48,64)(H,49,67)(H,50,63)(H,51,68)(H,52,69)(H,53,66)(H,59,60)(H,61,62)(H,71,72)/t20-,21-,22-,23-,24-,25-,26-,27-,33-/m0/s1. The van der Waals surface area contributed by atoms with Gasteiger partial charge in [0.2, 0.25) is 65.0 Å². The average Bonchev–Trinajstić information content (AvgIpc) is 3.77. The number of aliphatic hydroxyl groups excluding tert-OH is 1. The molecule has 30 nitrogen and oxygen atoms in total. The van der Waals surface area contributed by atoms with Crippen LogP contribution in [0.2, 0.25) is 0 Å². The lowest BCUT2D eigenvalue weighted by atomic mass is 10.0. The summed E-state index contributed by atoms with van der Waals surface area (Å²) >= 11 is 0. The van der Waals surface area contributed by atoms with Crippen LogP contribution < -0.4 is 60.2 Å². The van der Waals surface area contributed by atoms with Crippen LogP contribution in [0.1, 0.15) is 98.3 Å². The van der Waals surface area contributed by atoms with Crippen LogP contribution in [0.5, 0.6) is 0 Å². The van der Waals surface area contributed by atoms with Crippen molar-refractivity contribution in [1.29, 1.82) is 0 Å². The van der Waals surface area contributed by atoms with Gasteiger partial charge in [-0.2, -0.15) is 0 Å². The smallest absolute Gasteiger partial charge is 0.326 e. The van der Waals surface area contributed by atoms with Crippen molar-refractivity contribution >= 4 is 82.9 Å². The molecule has 1 aliphatic heterocycles. The molecule has 0 radical (unpaired) electrons. The minimum atomic E-state index is -1.84. The van der Waals surface area contributed by atoms with Gasteiger partial charge in [0.15, 0.2) is 0 Å². The zero-order chi connectivity index (χ0) is 55.2. The Bertz CT molecular complexity index is 2040. The van der Waals surface area contributed by atoms with Gasteiger partial charge in [0.1, 0.15) is 48.3 Å². The Labute approximate surface area is 412 Å². The van der Waals surface area contributed by atoms with Gasteiger partial charge in [-0.1, -0.05) is 27.7 Å². The molecule has 0 saturated carbocycles. The van der Waals surface area contributed by atoms with Crippen LogP contribution in [0, 0.1) is 11.8 Å². The van der Waals surface area contributed by atoms with E-state index < -0.39 is 201 Å². The Morgan fingerprint density at radius 3 is 1.42 bits per heavy atom. The normalized spacial score (nSPS) is 16.5. The van der Waals surface area contributed by atoms with Gasteiger partial charge in [0.05, 0.1) is 25.5 Å². The van der Waals surface area contributed by atoms with E-state index in [-0.39, 0.29) is 31.7 Å². The number of nitrogens with two attached hydrogens (primary N) is 4. The van der Waals surface area contributed by atoms with Crippen molar-refractivity contribution < 1.29 is 87.5 Å². The second-order valence-corrected chi connectivity index (χ2v) is 17.8. The van der Waals surface area contributed by atoms with Gasteiger partial charge in [-0.3, -0.25) is 62.3 Å². The van der Waals surface area contributed by atoms with E-state index >= 15 is 0 Å². The number of carbonyl (C=O) groups is 14. The van der Waals surface area contributed by atoms with Crippen LogP contribution in [-0.2, 0) is 67.1 Å². The van der Waals surface area contributed by atoms with E-state index in [0.29, 0.717) is 0 Å². The molecule has 1 fully saturated rings. The largest absolute Gasteiger partial charge is 0.481 e. The third kappa shape index (κ3) is 22.1. The Morgan fingerprint density at radius 1 is 0.542 bits per heavy atom. The number of nitrogens with zero attached hydrogens (tertiary/aromatic N) is 1. The molecule has 0 aliphatic carbocycles. The van der Waals surface area contributed by atoms with Crippen LogP contribution in [0.4, 0.5) is 0 Å². The molecule has 0 spiro atoms. The zero-order valence-corrected chi connectivity index (χ0v) is 40.3. The summed E-state index contributed by atoms with van der Waals surface area (Å²) in [4.78, 5) is 179. The topological polar surface area (TPSA) is 511 Å². The Morgan fingerprint density at radius 2 is 1.00 bits per heavy atom. The summed E-state index contributed by atoms with van der Waals surface area (Å²) in [6.07, 6.45) is -4.99. The first-order chi connectivity index (χ1) is 33.5. The quantitative estimate of drug-likeness (QED) is 0.0290. The molecule has 0 aromatic rings. The molecule has 19 N–H and O–H groups in total. The van der Waals surface area contributed by atoms with Crippen LogP contribution in [-0.4, -0.2) is 176 Å². The highest BCUT2D eigenvalue weighted by Gasteiger charge is 2.41. The van der Waals surface area contributed by atoms with Crippen molar-refractivity contribution in [3.05, 3.63) is 0 Å². The van der Waals surface area contributed by atoms with E-state index in [1.165, 1.54) is 13.8 Å². The summed E-state index contributed by atoms with van der Waals surface area (Å²) in [5, 5.41) is 53.8. The molecule has 30 heteroatoms. The number of rotatable bonds is 33. The molecule has 404 valence electrons. The number of aliphatic hydroxyl groups is 1. The molecule has 72 heavy (non-hydrogen) atoms. The van der Waals surface area contributed by atoms with E-state index in [4.69, 9.17) is 28.0 Å². The summed E-state index contributed by atoms with van der Waals surface area (Å²) in [5.41, 5.74) is 21.8. The van der Waals surface area contributed by atoms with Gasteiger partial charge in [-0.05, 0) is 50.4 Å². The second kappa shape index (κ2) is 30.3. The summed E-state index contributed by atoms with van der Waals surface area (Å²) in [7, 11) is 0. The molecule has 9 atom stereocenters. The number of nitrogens with one attached hydrogen (secondary N) is 7. The van der Waals surface area contributed by atoms with E-state index in [1.807, 2.05) is 0 Å². The van der Waals surface area contributed by atoms with Crippen molar-refractivity contribution in [3.8, 4) is 0 Å². The van der Waals surface area contributed by atoms with Gasteiger partial charge in [-0.25, -0.2) is 4.79 Å². The molecule has 0 unspecified atom stereocenters. The lowest BCUT2D eigenvalue weighted by Gasteiger charge is -2.30. The molecule has 0 bridgehead atoms. The molecule has 1 aliphatic rings. The third-order valence-electron chi connectivity index (χ3n) is 10.9. The number of carboxylic acid groups (broad SMARTS) is 3. The maximum Gasteiger partial charge on any atom is 0.326 e. The molecule has 1 rings (SSSR count). The van der Waals surface area contributed by atoms with Crippen LogP contribution in [0.3, 0.4) is 0 Å². The van der Waals surface area contributed by atoms with E-state index in [9.17, 15) is 82.4 Å². The number of amides is 11. The maximum absolute atomic E-state index is 13.9.